The summed E-state index contributed by atoms with van der Waals surface area (Å²) in [6.07, 6.45) is 1.13. The Morgan fingerprint density at radius 1 is 1.33 bits per heavy atom. The fourth-order valence-corrected chi connectivity index (χ4v) is 2.73. The SMILES string of the molecule is COCCNC(=O)CCc1csc(-c2ccc(C)cc2)n1. The van der Waals surface area contributed by atoms with Crippen LogP contribution < -0.4 is 5.32 Å². The summed E-state index contributed by atoms with van der Waals surface area (Å²) in [6, 6.07) is 8.32. The quantitative estimate of drug-likeness (QED) is 0.800. The van der Waals surface area contributed by atoms with Crippen molar-refractivity contribution in [3.63, 3.8) is 0 Å². The molecule has 1 N–H and O–H groups in total. The van der Waals surface area contributed by atoms with Gasteiger partial charge in [-0.05, 0) is 13.3 Å². The van der Waals surface area contributed by atoms with E-state index in [0.29, 0.717) is 26.0 Å². The first-order chi connectivity index (χ1) is 10.2. The summed E-state index contributed by atoms with van der Waals surface area (Å²) in [5, 5.41) is 5.84. The number of hydrogen-bond donors (Lipinski definition) is 1. The molecule has 0 bridgehead atoms. The molecular weight excluding hydrogens is 284 g/mol. The Balaban J connectivity index is 1.86. The van der Waals surface area contributed by atoms with Crippen molar-refractivity contribution in [3.8, 4) is 10.6 Å². The highest BCUT2D eigenvalue weighted by atomic mass is 32.1. The van der Waals surface area contributed by atoms with Crippen LogP contribution in [0.2, 0.25) is 0 Å². The van der Waals surface area contributed by atoms with E-state index in [9.17, 15) is 4.79 Å². The Hall–Kier alpha value is -1.72. The van der Waals surface area contributed by atoms with Gasteiger partial charge >= 0.3 is 0 Å². The zero-order valence-electron chi connectivity index (χ0n) is 12.4. The van der Waals surface area contributed by atoms with Crippen LogP contribution in [-0.4, -0.2) is 31.2 Å². The van der Waals surface area contributed by atoms with E-state index in [1.807, 2.05) is 5.38 Å². The highest BCUT2D eigenvalue weighted by Crippen LogP contribution is 2.24. The lowest BCUT2D eigenvalue weighted by molar-refractivity contribution is -0.121. The third kappa shape index (κ3) is 4.95. The molecule has 0 fully saturated rings. The molecule has 0 aliphatic carbocycles. The number of rotatable bonds is 7. The number of thiazole rings is 1. The van der Waals surface area contributed by atoms with Gasteiger partial charge in [-0.2, -0.15) is 0 Å². The lowest BCUT2D eigenvalue weighted by Gasteiger charge is -2.03. The van der Waals surface area contributed by atoms with Crippen molar-refractivity contribution < 1.29 is 9.53 Å². The van der Waals surface area contributed by atoms with Gasteiger partial charge in [0.2, 0.25) is 5.91 Å². The number of hydrogen-bond acceptors (Lipinski definition) is 4. The van der Waals surface area contributed by atoms with E-state index >= 15 is 0 Å². The number of amides is 1. The predicted molar refractivity (Wildman–Crippen MR) is 85.5 cm³/mol. The largest absolute Gasteiger partial charge is 0.383 e. The second-order valence-electron chi connectivity index (χ2n) is 4.85. The van der Waals surface area contributed by atoms with Crippen LogP contribution in [0.3, 0.4) is 0 Å². The van der Waals surface area contributed by atoms with Crippen molar-refractivity contribution in [3.05, 3.63) is 40.9 Å². The van der Waals surface area contributed by atoms with Gasteiger partial charge in [0.05, 0.1) is 12.3 Å². The van der Waals surface area contributed by atoms with Crippen LogP contribution >= 0.6 is 11.3 Å². The topological polar surface area (TPSA) is 51.2 Å². The van der Waals surface area contributed by atoms with Crippen molar-refractivity contribution >= 4 is 17.2 Å². The van der Waals surface area contributed by atoms with Gasteiger partial charge in [-0.25, -0.2) is 4.98 Å². The number of aryl methyl sites for hydroxylation is 2. The first-order valence-electron chi connectivity index (χ1n) is 6.96. The molecule has 0 saturated carbocycles. The number of aromatic nitrogens is 1. The molecule has 21 heavy (non-hydrogen) atoms. The summed E-state index contributed by atoms with van der Waals surface area (Å²) in [5.41, 5.74) is 3.34. The van der Waals surface area contributed by atoms with E-state index in [2.05, 4.69) is 41.5 Å². The minimum Gasteiger partial charge on any atom is -0.383 e. The summed E-state index contributed by atoms with van der Waals surface area (Å²) >= 11 is 1.62. The Morgan fingerprint density at radius 3 is 2.81 bits per heavy atom. The molecular formula is C16H20N2O2S. The zero-order chi connectivity index (χ0) is 15.1. The number of methoxy groups -OCH3 is 1. The molecule has 1 amide bonds. The summed E-state index contributed by atoms with van der Waals surface area (Å²) in [5.74, 6) is 0.0388. The number of benzene rings is 1. The van der Waals surface area contributed by atoms with Crippen LogP contribution in [0.25, 0.3) is 10.6 Å². The Bertz CT molecular complexity index is 578. The third-order valence-electron chi connectivity index (χ3n) is 3.09. The highest BCUT2D eigenvalue weighted by Gasteiger charge is 2.07. The fourth-order valence-electron chi connectivity index (χ4n) is 1.87. The fraction of sp³-hybridized carbons (Fsp3) is 0.375. The second kappa shape index (κ2) is 7.90. The number of ether oxygens (including phenoxy) is 1. The molecule has 0 saturated heterocycles. The van der Waals surface area contributed by atoms with Gasteiger partial charge in [0.25, 0.3) is 0 Å². The minimum atomic E-state index is 0.0388. The molecule has 0 spiro atoms. The van der Waals surface area contributed by atoms with E-state index in [1.165, 1.54) is 5.56 Å². The average Bonchev–Trinajstić information content (AvgIpc) is 2.95. The van der Waals surface area contributed by atoms with Crippen LogP contribution in [0.5, 0.6) is 0 Å². The predicted octanol–water partition coefficient (Wildman–Crippen LogP) is 2.81. The number of carbonyl (C=O) groups is 1. The van der Waals surface area contributed by atoms with Crippen molar-refractivity contribution in [1.29, 1.82) is 0 Å². The van der Waals surface area contributed by atoms with Crippen LogP contribution in [-0.2, 0) is 16.0 Å². The molecule has 1 aromatic heterocycles. The van der Waals surface area contributed by atoms with Gasteiger partial charge in [0.1, 0.15) is 5.01 Å². The smallest absolute Gasteiger partial charge is 0.220 e. The Kier molecular flexibility index (Phi) is 5.90. The number of nitrogens with one attached hydrogen (secondary N) is 1. The van der Waals surface area contributed by atoms with Crippen molar-refractivity contribution in [2.75, 3.05) is 20.3 Å². The normalized spacial score (nSPS) is 10.6. The van der Waals surface area contributed by atoms with Gasteiger partial charge < -0.3 is 10.1 Å². The zero-order valence-corrected chi connectivity index (χ0v) is 13.2. The molecule has 4 nitrogen and oxygen atoms in total. The van der Waals surface area contributed by atoms with Gasteiger partial charge in [-0.15, -0.1) is 11.3 Å². The molecule has 1 heterocycles. The molecule has 2 rings (SSSR count). The minimum absolute atomic E-state index is 0.0388. The van der Waals surface area contributed by atoms with E-state index in [-0.39, 0.29) is 5.91 Å². The Morgan fingerprint density at radius 2 is 2.10 bits per heavy atom. The van der Waals surface area contributed by atoms with E-state index in [4.69, 9.17) is 4.74 Å². The number of nitrogens with zero attached hydrogens (tertiary/aromatic N) is 1. The highest BCUT2D eigenvalue weighted by molar-refractivity contribution is 7.13. The maximum atomic E-state index is 11.6. The molecule has 112 valence electrons. The molecule has 0 radical (unpaired) electrons. The molecule has 0 aliphatic rings. The third-order valence-corrected chi connectivity index (χ3v) is 4.03. The lowest BCUT2D eigenvalue weighted by Crippen LogP contribution is -2.27. The van der Waals surface area contributed by atoms with Gasteiger partial charge in [0, 0.05) is 31.0 Å². The van der Waals surface area contributed by atoms with Crippen LogP contribution in [0.4, 0.5) is 0 Å². The molecule has 0 aliphatic heterocycles. The Labute approximate surface area is 129 Å². The van der Waals surface area contributed by atoms with Crippen molar-refractivity contribution in [2.24, 2.45) is 0 Å². The summed E-state index contributed by atoms with van der Waals surface area (Å²) in [4.78, 5) is 16.2. The average molecular weight is 304 g/mol. The molecule has 1 aromatic carbocycles. The molecule has 0 atom stereocenters. The molecule has 2 aromatic rings. The van der Waals surface area contributed by atoms with E-state index in [0.717, 1.165) is 16.3 Å². The molecule has 5 heteroatoms. The first kappa shape index (κ1) is 15.7. The standard InChI is InChI=1S/C16H20N2O2S/c1-12-3-5-13(6-4-12)16-18-14(11-21-16)7-8-15(19)17-9-10-20-2/h3-6,11H,7-10H2,1-2H3,(H,17,19). The van der Waals surface area contributed by atoms with Crippen LogP contribution in [0, 0.1) is 6.92 Å². The second-order valence-corrected chi connectivity index (χ2v) is 5.71. The summed E-state index contributed by atoms with van der Waals surface area (Å²) < 4.78 is 4.89. The maximum absolute atomic E-state index is 11.6. The van der Waals surface area contributed by atoms with Crippen LogP contribution in [0.15, 0.2) is 29.6 Å². The lowest BCUT2D eigenvalue weighted by atomic mass is 10.1. The van der Waals surface area contributed by atoms with Gasteiger partial charge in [0.15, 0.2) is 0 Å². The first-order valence-corrected chi connectivity index (χ1v) is 7.84. The maximum Gasteiger partial charge on any atom is 0.220 e. The van der Waals surface area contributed by atoms with Crippen molar-refractivity contribution in [2.45, 2.75) is 19.8 Å². The number of carbonyl (C=O) groups excluding carboxylic acids is 1. The van der Waals surface area contributed by atoms with E-state index in [1.54, 1.807) is 18.4 Å². The monoisotopic (exact) mass is 304 g/mol. The summed E-state index contributed by atoms with van der Waals surface area (Å²) in [6.45, 7) is 3.17. The van der Waals surface area contributed by atoms with Crippen LogP contribution in [0.1, 0.15) is 17.7 Å². The van der Waals surface area contributed by atoms with Gasteiger partial charge in [-0.3, -0.25) is 4.79 Å². The van der Waals surface area contributed by atoms with Gasteiger partial charge in [-0.1, -0.05) is 29.8 Å². The molecule has 0 unspecified atom stereocenters. The van der Waals surface area contributed by atoms with E-state index < -0.39 is 0 Å². The summed E-state index contributed by atoms with van der Waals surface area (Å²) in [7, 11) is 1.62. The van der Waals surface area contributed by atoms with Crippen molar-refractivity contribution in [1.82, 2.24) is 10.3 Å².